The first-order valence-electron chi connectivity index (χ1n) is 8.96. The Morgan fingerprint density at radius 2 is 1.85 bits per heavy atom. The van der Waals surface area contributed by atoms with Gasteiger partial charge in [-0.05, 0) is 36.6 Å². The highest BCUT2D eigenvalue weighted by atomic mass is 16.5. The van der Waals surface area contributed by atoms with E-state index in [9.17, 15) is 9.59 Å². The van der Waals surface area contributed by atoms with Crippen molar-refractivity contribution in [1.82, 2.24) is 5.32 Å². The van der Waals surface area contributed by atoms with E-state index in [1.54, 1.807) is 6.07 Å². The van der Waals surface area contributed by atoms with Crippen molar-refractivity contribution < 1.29 is 19.1 Å². The Labute approximate surface area is 159 Å². The molecule has 144 valence electrons. The van der Waals surface area contributed by atoms with Gasteiger partial charge in [-0.3, -0.25) is 4.79 Å². The highest BCUT2D eigenvalue weighted by molar-refractivity contribution is 5.91. The third kappa shape index (κ3) is 6.33. The highest BCUT2D eigenvalue weighted by Gasteiger charge is 2.19. The lowest BCUT2D eigenvalue weighted by Crippen LogP contribution is -2.34. The first-order valence-corrected chi connectivity index (χ1v) is 8.96. The minimum absolute atomic E-state index is 0.0427. The summed E-state index contributed by atoms with van der Waals surface area (Å²) in [5, 5.41) is 5.65. The summed E-state index contributed by atoms with van der Waals surface area (Å²) >= 11 is 0. The largest absolute Gasteiger partial charge is 0.491 e. The molecule has 2 rings (SSSR count). The molecule has 0 heterocycles. The first-order chi connectivity index (χ1) is 13.0. The molecule has 2 amide bonds. The second-order valence-corrected chi connectivity index (χ2v) is 6.19. The number of carbonyl (C=O) groups excluding carboxylic acids is 2. The van der Waals surface area contributed by atoms with Crippen LogP contribution >= 0.6 is 0 Å². The van der Waals surface area contributed by atoms with Gasteiger partial charge in [0.1, 0.15) is 5.75 Å². The summed E-state index contributed by atoms with van der Waals surface area (Å²) in [6.07, 6.45) is 0.913. The van der Waals surface area contributed by atoms with E-state index in [-0.39, 0.29) is 6.42 Å². The number of nitrogens with one attached hydrogen (secondary N) is 2. The van der Waals surface area contributed by atoms with Crippen LogP contribution in [0.5, 0.6) is 5.75 Å². The number of esters is 1. The number of ether oxygens (including phenoxy) is 2. The number of hydrogen-bond donors (Lipinski definition) is 2. The fourth-order valence-electron chi connectivity index (χ4n) is 2.57. The molecule has 0 radical (unpaired) electrons. The lowest BCUT2D eigenvalue weighted by atomic mass is 10.0. The van der Waals surface area contributed by atoms with Crippen LogP contribution in [0.15, 0.2) is 48.5 Å². The van der Waals surface area contributed by atoms with E-state index in [2.05, 4.69) is 10.6 Å². The summed E-state index contributed by atoms with van der Waals surface area (Å²) in [6.45, 7) is 4.55. The molecule has 0 fully saturated rings. The van der Waals surface area contributed by atoms with E-state index >= 15 is 0 Å². The van der Waals surface area contributed by atoms with Gasteiger partial charge in [0.2, 0.25) is 0 Å². The van der Waals surface area contributed by atoms with Crippen molar-refractivity contribution in [3.8, 4) is 5.75 Å². The average Bonchev–Trinajstić information content (AvgIpc) is 2.68. The van der Waals surface area contributed by atoms with Gasteiger partial charge in [-0.2, -0.15) is 0 Å². The van der Waals surface area contributed by atoms with Gasteiger partial charge in [-0.15, -0.1) is 0 Å². The number of methoxy groups -OCH3 is 1. The number of rotatable bonds is 8. The summed E-state index contributed by atoms with van der Waals surface area (Å²) in [5.74, 6) is 0.225. The van der Waals surface area contributed by atoms with Crippen molar-refractivity contribution in [2.75, 3.05) is 19.0 Å². The van der Waals surface area contributed by atoms with Crippen LogP contribution in [0.2, 0.25) is 0 Å². The molecule has 0 aromatic heterocycles. The summed E-state index contributed by atoms with van der Waals surface area (Å²) in [7, 11) is 1.33. The van der Waals surface area contributed by atoms with Crippen LogP contribution in [0, 0.1) is 6.92 Å². The Morgan fingerprint density at radius 3 is 2.52 bits per heavy atom. The molecule has 6 heteroatoms. The molecule has 2 N–H and O–H groups in total. The zero-order valence-electron chi connectivity index (χ0n) is 16.0. The van der Waals surface area contributed by atoms with Gasteiger partial charge < -0.3 is 20.1 Å². The zero-order valence-corrected chi connectivity index (χ0v) is 16.0. The summed E-state index contributed by atoms with van der Waals surface area (Å²) in [6, 6.07) is 14.0. The Bertz CT molecular complexity index is 762. The molecule has 1 unspecified atom stereocenters. The van der Waals surface area contributed by atoms with Crippen molar-refractivity contribution in [2.24, 2.45) is 0 Å². The van der Waals surface area contributed by atoms with Crippen molar-refractivity contribution in [3.05, 3.63) is 59.7 Å². The maximum Gasteiger partial charge on any atom is 0.319 e. The third-order valence-electron chi connectivity index (χ3n) is 3.95. The molecule has 0 saturated carbocycles. The van der Waals surface area contributed by atoms with E-state index in [0.717, 1.165) is 17.5 Å². The quantitative estimate of drug-likeness (QED) is 0.683. The van der Waals surface area contributed by atoms with Gasteiger partial charge in [0.05, 0.1) is 31.9 Å². The van der Waals surface area contributed by atoms with Crippen LogP contribution < -0.4 is 15.4 Å². The molecular weight excluding hydrogens is 344 g/mol. The minimum Gasteiger partial charge on any atom is -0.491 e. The smallest absolute Gasteiger partial charge is 0.319 e. The molecule has 6 nitrogen and oxygen atoms in total. The lowest BCUT2D eigenvalue weighted by Gasteiger charge is -2.19. The number of hydrogen-bond acceptors (Lipinski definition) is 4. The average molecular weight is 370 g/mol. The van der Waals surface area contributed by atoms with E-state index in [1.165, 1.54) is 7.11 Å². The number of amides is 2. The first kappa shape index (κ1) is 20.3. The molecule has 0 aliphatic rings. The maximum absolute atomic E-state index is 12.5. The van der Waals surface area contributed by atoms with Crippen LogP contribution in [0.3, 0.4) is 0 Å². The SMILES string of the molecule is CCCOc1cc(C)ccc1NC(=O)NC(CC(=O)OC)c1ccccc1. The summed E-state index contributed by atoms with van der Waals surface area (Å²) in [5.41, 5.74) is 2.45. The second kappa shape index (κ2) is 10.2. The van der Waals surface area contributed by atoms with Crippen LogP contribution in [0.4, 0.5) is 10.5 Å². The van der Waals surface area contributed by atoms with Gasteiger partial charge in [-0.1, -0.05) is 43.3 Å². The number of urea groups is 1. The fourth-order valence-corrected chi connectivity index (χ4v) is 2.57. The Hall–Kier alpha value is -3.02. The van der Waals surface area contributed by atoms with E-state index in [1.807, 2.05) is 56.3 Å². The van der Waals surface area contributed by atoms with Crippen LogP contribution in [0.1, 0.15) is 36.9 Å². The van der Waals surface area contributed by atoms with Crippen molar-refractivity contribution in [3.63, 3.8) is 0 Å². The van der Waals surface area contributed by atoms with Crippen LogP contribution in [-0.2, 0) is 9.53 Å². The standard InChI is InChI=1S/C21H26N2O4/c1-4-12-27-19-13-15(2)10-11-17(19)22-21(25)23-18(14-20(24)26-3)16-8-6-5-7-9-16/h5-11,13,18H,4,12,14H2,1-3H3,(H2,22,23,25). The highest BCUT2D eigenvalue weighted by Crippen LogP contribution is 2.26. The molecule has 0 aliphatic heterocycles. The van der Waals surface area contributed by atoms with Crippen LogP contribution in [0.25, 0.3) is 0 Å². The lowest BCUT2D eigenvalue weighted by molar-refractivity contribution is -0.141. The molecule has 0 aliphatic carbocycles. The van der Waals surface area contributed by atoms with Gasteiger partial charge in [0.25, 0.3) is 0 Å². The van der Waals surface area contributed by atoms with Gasteiger partial charge >= 0.3 is 12.0 Å². The fraction of sp³-hybridized carbons (Fsp3) is 0.333. The third-order valence-corrected chi connectivity index (χ3v) is 3.95. The van der Waals surface area contributed by atoms with E-state index in [4.69, 9.17) is 9.47 Å². The summed E-state index contributed by atoms with van der Waals surface area (Å²) in [4.78, 5) is 24.3. The number of anilines is 1. The zero-order chi connectivity index (χ0) is 19.6. The molecule has 0 saturated heterocycles. The van der Waals surface area contributed by atoms with Gasteiger partial charge in [-0.25, -0.2) is 4.79 Å². The van der Waals surface area contributed by atoms with Gasteiger partial charge in [0, 0.05) is 0 Å². The number of carbonyl (C=O) groups is 2. The molecule has 0 bridgehead atoms. The Balaban J connectivity index is 2.12. The number of benzene rings is 2. The van der Waals surface area contributed by atoms with Gasteiger partial charge in [0.15, 0.2) is 0 Å². The van der Waals surface area contributed by atoms with Crippen molar-refractivity contribution in [2.45, 2.75) is 32.7 Å². The minimum atomic E-state index is -0.496. The Morgan fingerprint density at radius 1 is 1.11 bits per heavy atom. The molecule has 1 atom stereocenters. The Kier molecular flexibility index (Phi) is 7.67. The predicted octanol–water partition coefficient (Wildman–Crippen LogP) is 4.21. The van der Waals surface area contributed by atoms with Crippen molar-refractivity contribution >= 4 is 17.7 Å². The van der Waals surface area contributed by atoms with Crippen LogP contribution in [-0.4, -0.2) is 25.7 Å². The molecule has 0 spiro atoms. The van der Waals surface area contributed by atoms with Crippen molar-refractivity contribution in [1.29, 1.82) is 0 Å². The predicted molar refractivity (Wildman–Crippen MR) is 105 cm³/mol. The van der Waals surface area contributed by atoms with E-state index < -0.39 is 18.0 Å². The molecular formula is C21H26N2O4. The molecule has 2 aromatic carbocycles. The summed E-state index contributed by atoms with van der Waals surface area (Å²) < 4.78 is 10.5. The molecule has 2 aromatic rings. The monoisotopic (exact) mass is 370 g/mol. The molecule has 27 heavy (non-hydrogen) atoms. The van der Waals surface area contributed by atoms with E-state index in [0.29, 0.717) is 18.0 Å². The second-order valence-electron chi connectivity index (χ2n) is 6.19. The number of aryl methyl sites for hydroxylation is 1. The topological polar surface area (TPSA) is 76.7 Å². The normalized spacial score (nSPS) is 11.4. The maximum atomic E-state index is 12.5.